The average Bonchev–Trinajstić information content (AvgIpc) is 2.78. The summed E-state index contributed by atoms with van der Waals surface area (Å²) in [6.07, 6.45) is 0.893. The molecule has 0 aliphatic carbocycles. The lowest BCUT2D eigenvalue weighted by Crippen LogP contribution is -2.37. The topological polar surface area (TPSA) is 64.3 Å². The van der Waals surface area contributed by atoms with Gasteiger partial charge in [0.15, 0.2) is 0 Å². The van der Waals surface area contributed by atoms with Crippen LogP contribution in [0.4, 0.5) is 5.69 Å². The quantitative estimate of drug-likeness (QED) is 0.851. The highest BCUT2D eigenvalue weighted by atomic mass is 16.5. The predicted octanol–water partition coefficient (Wildman–Crippen LogP) is 1.47. The number of nitrogens with two attached hydrogens (primary N) is 1. The van der Waals surface area contributed by atoms with E-state index in [1.165, 1.54) is 0 Å². The summed E-state index contributed by atoms with van der Waals surface area (Å²) in [7, 11) is 0. The Morgan fingerprint density at radius 2 is 2.28 bits per heavy atom. The van der Waals surface area contributed by atoms with Gasteiger partial charge in [-0.25, -0.2) is 0 Å². The van der Waals surface area contributed by atoms with Crippen molar-refractivity contribution in [2.45, 2.75) is 26.3 Å². The Balaban J connectivity index is 2.16. The molecule has 4 nitrogen and oxygen atoms in total. The second kappa shape index (κ2) is 5.50. The van der Waals surface area contributed by atoms with Gasteiger partial charge in [0.1, 0.15) is 0 Å². The van der Waals surface area contributed by atoms with Gasteiger partial charge in [-0.2, -0.15) is 0 Å². The van der Waals surface area contributed by atoms with E-state index in [0.29, 0.717) is 13.2 Å². The van der Waals surface area contributed by atoms with Crippen LogP contribution in [0.2, 0.25) is 0 Å². The molecular formula is C14H20N2O2. The molecule has 4 heteroatoms. The summed E-state index contributed by atoms with van der Waals surface area (Å²) in [6.45, 7) is 4.96. The number of anilines is 1. The fourth-order valence-electron chi connectivity index (χ4n) is 2.26. The van der Waals surface area contributed by atoms with E-state index in [-0.39, 0.29) is 17.9 Å². The van der Waals surface area contributed by atoms with Crippen LogP contribution in [0.1, 0.15) is 18.1 Å². The normalized spacial score (nSPS) is 23.1. The first-order valence-corrected chi connectivity index (χ1v) is 6.36. The molecule has 1 amide bonds. The Morgan fingerprint density at radius 3 is 2.89 bits per heavy atom. The maximum atomic E-state index is 12.2. The van der Waals surface area contributed by atoms with Gasteiger partial charge in [0.05, 0.1) is 19.1 Å². The van der Waals surface area contributed by atoms with Crippen molar-refractivity contribution in [1.29, 1.82) is 0 Å². The number of hydrogen-bond donors (Lipinski definition) is 2. The number of ether oxygens (including phenoxy) is 1. The average molecular weight is 248 g/mol. The minimum Gasteiger partial charge on any atom is -0.379 e. The van der Waals surface area contributed by atoms with Gasteiger partial charge in [-0.1, -0.05) is 25.1 Å². The maximum absolute atomic E-state index is 12.2. The summed E-state index contributed by atoms with van der Waals surface area (Å²) in [5.74, 6) is -0.279. The Kier molecular flexibility index (Phi) is 3.99. The van der Waals surface area contributed by atoms with Crippen LogP contribution in [0, 0.1) is 12.8 Å². The van der Waals surface area contributed by atoms with E-state index in [0.717, 1.165) is 23.2 Å². The fourth-order valence-corrected chi connectivity index (χ4v) is 2.26. The minimum atomic E-state index is -0.241. The molecular weight excluding hydrogens is 228 g/mol. The van der Waals surface area contributed by atoms with E-state index in [2.05, 4.69) is 12.2 Å². The zero-order valence-corrected chi connectivity index (χ0v) is 10.9. The summed E-state index contributed by atoms with van der Waals surface area (Å²) in [6, 6.07) is 5.85. The molecule has 1 saturated heterocycles. The molecule has 98 valence electrons. The molecule has 1 aromatic carbocycles. The van der Waals surface area contributed by atoms with Crippen molar-refractivity contribution >= 4 is 11.6 Å². The van der Waals surface area contributed by atoms with Crippen LogP contribution in [0.5, 0.6) is 0 Å². The number of aryl methyl sites for hydroxylation is 2. The largest absolute Gasteiger partial charge is 0.379 e. The summed E-state index contributed by atoms with van der Waals surface area (Å²) < 4.78 is 5.23. The first kappa shape index (κ1) is 13.1. The van der Waals surface area contributed by atoms with Crippen molar-refractivity contribution in [3.8, 4) is 0 Å². The highest BCUT2D eigenvalue weighted by Crippen LogP contribution is 2.23. The van der Waals surface area contributed by atoms with Crippen LogP contribution >= 0.6 is 0 Å². The second-order valence-electron chi connectivity index (χ2n) is 4.76. The van der Waals surface area contributed by atoms with Gasteiger partial charge < -0.3 is 15.8 Å². The molecule has 3 N–H and O–H groups in total. The molecule has 0 aromatic heterocycles. The third kappa shape index (κ3) is 2.54. The summed E-state index contributed by atoms with van der Waals surface area (Å²) in [5.41, 5.74) is 9.00. The Hall–Kier alpha value is -1.39. The number of rotatable bonds is 3. The van der Waals surface area contributed by atoms with Crippen molar-refractivity contribution in [1.82, 2.24) is 0 Å². The summed E-state index contributed by atoms with van der Waals surface area (Å²) >= 11 is 0. The molecule has 0 spiro atoms. The van der Waals surface area contributed by atoms with Crippen molar-refractivity contribution in [3.63, 3.8) is 0 Å². The van der Waals surface area contributed by atoms with E-state index in [1.54, 1.807) is 0 Å². The van der Waals surface area contributed by atoms with Gasteiger partial charge in [0, 0.05) is 11.7 Å². The first-order chi connectivity index (χ1) is 8.63. The smallest absolute Gasteiger partial charge is 0.231 e. The predicted molar refractivity (Wildman–Crippen MR) is 71.5 cm³/mol. The Labute approximate surface area is 108 Å². The van der Waals surface area contributed by atoms with Gasteiger partial charge >= 0.3 is 0 Å². The number of amides is 1. The van der Waals surface area contributed by atoms with Crippen molar-refractivity contribution < 1.29 is 9.53 Å². The van der Waals surface area contributed by atoms with Crippen molar-refractivity contribution in [3.05, 3.63) is 29.3 Å². The molecule has 1 heterocycles. The molecule has 1 aliphatic rings. The Morgan fingerprint density at radius 1 is 1.50 bits per heavy atom. The molecule has 2 atom stereocenters. The number of hydrogen-bond acceptors (Lipinski definition) is 3. The third-order valence-electron chi connectivity index (χ3n) is 3.45. The van der Waals surface area contributed by atoms with Gasteiger partial charge in [-0.15, -0.1) is 0 Å². The lowest BCUT2D eigenvalue weighted by molar-refractivity contribution is -0.120. The second-order valence-corrected chi connectivity index (χ2v) is 4.76. The highest BCUT2D eigenvalue weighted by molar-refractivity contribution is 5.94. The molecule has 1 aromatic rings. The maximum Gasteiger partial charge on any atom is 0.231 e. The molecule has 1 aliphatic heterocycles. The number of carbonyl (C=O) groups is 1. The summed E-state index contributed by atoms with van der Waals surface area (Å²) in [5, 5.41) is 3.00. The Bertz CT molecular complexity index is 445. The van der Waals surface area contributed by atoms with E-state index >= 15 is 0 Å². The van der Waals surface area contributed by atoms with Gasteiger partial charge in [0.2, 0.25) is 5.91 Å². The third-order valence-corrected chi connectivity index (χ3v) is 3.45. The molecule has 0 saturated carbocycles. The van der Waals surface area contributed by atoms with Crippen LogP contribution in [-0.4, -0.2) is 25.2 Å². The summed E-state index contributed by atoms with van der Waals surface area (Å²) in [4.78, 5) is 12.2. The number of carbonyl (C=O) groups excluding carboxylic acids is 1. The molecule has 0 bridgehead atoms. The number of para-hydroxylation sites is 1. The van der Waals surface area contributed by atoms with E-state index < -0.39 is 0 Å². The van der Waals surface area contributed by atoms with Crippen LogP contribution in [-0.2, 0) is 16.0 Å². The molecule has 18 heavy (non-hydrogen) atoms. The van der Waals surface area contributed by atoms with Crippen molar-refractivity contribution in [2.24, 2.45) is 11.7 Å². The van der Waals surface area contributed by atoms with E-state index in [9.17, 15) is 4.79 Å². The number of nitrogens with one attached hydrogen (secondary N) is 1. The van der Waals surface area contributed by atoms with E-state index in [4.69, 9.17) is 10.5 Å². The lowest BCUT2D eigenvalue weighted by atomic mass is 10.0. The van der Waals surface area contributed by atoms with Crippen LogP contribution in [0.25, 0.3) is 0 Å². The molecule has 2 unspecified atom stereocenters. The van der Waals surface area contributed by atoms with Gasteiger partial charge in [-0.3, -0.25) is 4.79 Å². The van der Waals surface area contributed by atoms with Gasteiger partial charge in [0.25, 0.3) is 0 Å². The molecule has 0 radical (unpaired) electrons. The fraction of sp³-hybridized carbons (Fsp3) is 0.500. The molecule has 1 fully saturated rings. The van der Waals surface area contributed by atoms with E-state index in [1.807, 2.05) is 25.1 Å². The minimum absolute atomic E-state index is 0.0380. The zero-order chi connectivity index (χ0) is 13.1. The SMILES string of the molecule is CCc1cccc(C)c1NC(=O)C1COCC1N. The van der Waals surface area contributed by atoms with Crippen LogP contribution in [0.3, 0.4) is 0 Å². The molecule has 2 rings (SSSR count). The van der Waals surface area contributed by atoms with Crippen LogP contribution < -0.4 is 11.1 Å². The highest BCUT2D eigenvalue weighted by Gasteiger charge is 2.31. The monoisotopic (exact) mass is 248 g/mol. The first-order valence-electron chi connectivity index (χ1n) is 6.36. The number of benzene rings is 1. The van der Waals surface area contributed by atoms with Crippen molar-refractivity contribution in [2.75, 3.05) is 18.5 Å². The van der Waals surface area contributed by atoms with Gasteiger partial charge in [-0.05, 0) is 24.5 Å². The lowest BCUT2D eigenvalue weighted by Gasteiger charge is -2.17. The standard InChI is InChI=1S/C14H20N2O2/c1-3-10-6-4-5-9(2)13(10)16-14(17)11-7-18-8-12(11)15/h4-6,11-12H,3,7-8,15H2,1-2H3,(H,16,17). The zero-order valence-electron chi connectivity index (χ0n) is 10.9. The van der Waals surface area contributed by atoms with Crippen LogP contribution in [0.15, 0.2) is 18.2 Å².